The van der Waals surface area contributed by atoms with Crippen LogP contribution in [0, 0.1) is 0 Å². The topological polar surface area (TPSA) is 90.2 Å². The van der Waals surface area contributed by atoms with Gasteiger partial charge in [0.05, 0.1) is 42.8 Å². The summed E-state index contributed by atoms with van der Waals surface area (Å²) in [5.41, 5.74) is 12.8. The molecule has 0 radical (unpaired) electrons. The summed E-state index contributed by atoms with van der Waals surface area (Å²) < 4.78 is 16.8. The number of aromatic nitrogens is 1. The maximum atomic E-state index is 12.5. The summed E-state index contributed by atoms with van der Waals surface area (Å²) >= 11 is 6.60. The van der Waals surface area contributed by atoms with E-state index in [1.54, 1.807) is 6.07 Å². The number of rotatable bonds is 7. The Bertz CT molecular complexity index is 1350. The molecule has 9 heteroatoms. The lowest BCUT2D eigenvalue weighted by atomic mass is 10.0. The van der Waals surface area contributed by atoms with Gasteiger partial charge in [-0.05, 0) is 47.5 Å². The smallest absolute Gasteiger partial charge is 0.249 e. The number of nitrogens with two attached hydrogens (primary N) is 1. The van der Waals surface area contributed by atoms with Crippen LogP contribution in [0.4, 0.5) is 5.69 Å². The van der Waals surface area contributed by atoms with Gasteiger partial charge in [0, 0.05) is 61.5 Å². The molecule has 2 aliphatic heterocycles. The van der Waals surface area contributed by atoms with Gasteiger partial charge in [0.15, 0.2) is 0 Å². The van der Waals surface area contributed by atoms with Gasteiger partial charge in [0.25, 0.3) is 0 Å². The van der Waals surface area contributed by atoms with E-state index in [2.05, 4.69) is 28.0 Å². The van der Waals surface area contributed by atoms with E-state index in [0.717, 1.165) is 92.8 Å². The summed E-state index contributed by atoms with van der Waals surface area (Å²) in [5.74, 6) is 0.168. The van der Waals surface area contributed by atoms with E-state index >= 15 is 0 Å². The van der Waals surface area contributed by atoms with E-state index in [9.17, 15) is 4.79 Å². The molecule has 8 nitrogen and oxygen atoms in total. The monoisotopic (exact) mass is 534 g/mol. The summed E-state index contributed by atoms with van der Waals surface area (Å²) in [7, 11) is 0. The molecule has 0 unspecified atom stereocenters. The van der Waals surface area contributed by atoms with E-state index in [1.165, 1.54) is 0 Å². The Morgan fingerprint density at radius 3 is 2.50 bits per heavy atom. The summed E-state index contributed by atoms with van der Waals surface area (Å²) in [6.45, 7) is 7.92. The van der Waals surface area contributed by atoms with Gasteiger partial charge < -0.3 is 24.8 Å². The lowest BCUT2D eigenvalue weighted by Gasteiger charge is -2.29. The van der Waals surface area contributed by atoms with Crippen LogP contribution in [0.5, 0.6) is 5.75 Å². The molecule has 3 aromatic rings. The molecule has 0 saturated carbocycles. The number of benzene rings is 2. The average Bonchev–Trinajstić information content (AvgIpc) is 3.32. The van der Waals surface area contributed by atoms with Crippen LogP contribution in [0.1, 0.15) is 21.5 Å². The van der Waals surface area contributed by atoms with Crippen molar-refractivity contribution in [3.8, 4) is 28.3 Å². The molecule has 3 aliphatic rings. The number of hydrogen-bond donors (Lipinski definition) is 1. The van der Waals surface area contributed by atoms with Gasteiger partial charge in [-0.2, -0.15) is 0 Å². The molecule has 2 aromatic carbocycles. The van der Waals surface area contributed by atoms with Gasteiger partial charge in [-0.1, -0.05) is 17.7 Å². The Morgan fingerprint density at radius 1 is 1.00 bits per heavy atom. The predicted octanol–water partition coefficient (Wildman–Crippen LogP) is 3.62. The maximum Gasteiger partial charge on any atom is 0.249 e. The van der Waals surface area contributed by atoms with Crippen LogP contribution in [-0.4, -0.2) is 81.5 Å². The number of carbonyl (C=O) groups excluding carboxylic acids is 1. The molecule has 0 atom stereocenters. The van der Waals surface area contributed by atoms with Crippen molar-refractivity contribution in [2.45, 2.75) is 6.42 Å². The summed E-state index contributed by atoms with van der Waals surface area (Å²) in [6.07, 6.45) is 0.630. The highest BCUT2D eigenvalue weighted by molar-refractivity contribution is 6.32. The van der Waals surface area contributed by atoms with Crippen LogP contribution in [0.3, 0.4) is 0 Å². The third kappa shape index (κ3) is 5.09. The van der Waals surface area contributed by atoms with E-state index in [4.69, 9.17) is 36.5 Å². The van der Waals surface area contributed by atoms with Crippen molar-refractivity contribution in [2.75, 3.05) is 70.7 Å². The molecule has 6 rings (SSSR count). The fraction of sp³-hybridized carbons (Fsp3) is 0.379. The highest BCUT2D eigenvalue weighted by atomic mass is 35.5. The van der Waals surface area contributed by atoms with Gasteiger partial charge in [0.2, 0.25) is 5.91 Å². The molecular formula is C29H31ClN4O4. The number of nitrogens with zero attached hydrogens (tertiary/aromatic N) is 3. The zero-order valence-corrected chi connectivity index (χ0v) is 22.0. The lowest BCUT2D eigenvalue weighted by molar-refractivity contribution is 0.0322. The number of morpholine rings is 2. The SMILES string of the molecule is NC(=O)c1cc(-c2ccc(OCCN3CCOCC3)c(Cl)c2)nc2c1Cc1cc(N3CCOCC3)ccc1-2. The van der Waals surface area contributed by atoms with E-state index in [-0.39, 0.29) is 0 Å². The first-order valence-electron chi connectivity index (χ1n) is 13.1. The van der Waals surface area contributed by atoms with Crippen molar-refractivity contribution in [1.29, 1.82) is 0 Å². The Balaban J connectivity index is 1.25. The second-order valence-corrected chi connectivity index (χ2v) is 10.2. The molecule has 3 heterocycles. The first-order valence-corrected chi connectivity index (χ1v) is 13.5. The lowest BCUT2D eigenvalue weighted by Crippen LogP contribution is -2.38. The Kier molecular flexibility index (Phi) is 7.21. The van der Waals surface area contributed by atoms with Crippen LogP contribution in [0.2, 0.25) is 5.02 Å². The number of primary amides is 1. The molecule has 1 aliphatic carbocycles. The number of ether oxygens (including phenoxy) is 3. The zero-order valence-electron chi connectivity index (χ0n) is 21.2. The van der Waals surface area contributed by atoms with Crippen LogP contribution in [-0.2, 0) is 15.9 Å². The standard InChI is InChI=1S/C29H31ClN4O4/c30-25-17-19(1-4-27(25)38-14-7-33-5-10-36-11-6-33)26-18-24(29(31)35)23-16-20-15-21(34-8-12-37-13-9-34)2-3-22(20)28(23)32-26/h1-4,15,17-18H,5-14,16H2,(H2,31,35). The number of anilines is 1. The number of fused-ring (bicyclic) bond motifs is 3. The third-order valence-corrected chi connectivity index (χ3v) is 7.77. The minimum absolute atomic E-state index is 0.458. The van der Waals surface area contributed by atoms with Crippen molar-refractivity contribution < 1.29 is 19.0 Å². The fourth-order valence-corrected chi connectivity index (χ4v) is 5.63. The number of pyridine rings is 1. The molecule has 2 N–H and O–H groups in total. The van der Waals surface area contributed by atoms with E-state index < -0.39 is 5.91 Å². The van der Waals surface area contributed by atoms with Crippen LogP contribution >= 0.6 is 11.6 Å². The molecule has 38 heavy (non-hydrogen) atoms. The number of amides is 1. The van der Waals surface area contributed by atoms with Gasteiger partial charge in [-0.25, -0.2) is 4.98 Å². The Morgan fingerprint density at radius 2 is 1.76 bits per heavy atom. The molecule has 198 valence electrons. The highest BCUT2D eigenvalue weighted by Crippen LogP contribution is 2.41. The highest BCUT2D eigenvalue weighted by Gasteiger charge is 2.27. The van der Waals surface area contributed by atoms with Gasteiger partial charge in [0.1, 0.15) is 12.4 Å². The van der Waals surface area contributed by atoms with Crippen molar-refractivity contribution in [3.05, 3.63) is 64.2 Å². The van der Waals surface area contributed by atoms with Crippen molar-refractivity contribution in [2.24, 2.45) is 5.73 Å². The first kappa shape index (κ1) is 25.1. The molecule has 1 aromatic heterocycles. The largest absolute Gasteiger partial charge is 0.491 e. The molecule has 0 spiro atoms. The average molecular weight is 535 g/mol. The van der Waals surface area contributed by atoms with Gasteiger partial charge in [-0.3, -0.25) is 9.69 Å². The fourth-order valence-electron chi connectivity index (χ4n) is 5.39. The van der Waals surface area contributed by atoms with Crippen LogP contribution in [0.15, 0.2) is 42.5 Å². The summed E-state index contributed by atoms with van der Waals surface area (Å²) in [6, 6.07) is 13.8. The van der Waals surface area contributed by atoms with Crippen molar-refractivity contribution in [1.82, 2.24) is 9.88 Å². The summed E-state index contributed by atoms with van der Waals surface area (Å²) in [5, 5.41) is 0.503. The molecular weight excluding hydrogens is 504 g/mol. The minimum Gasteiger partial charge on any atom is -0.491 e. The van der Waals surface area contributed by atoms with Gasteiger partial charge >= 0.3 is 0 Å². The van der Waals surface area contributed by atoms with E-state index in [1.807, 2.05) is 18.2 Å². The molecule has 0 bridgehead atoms. The van der Waals surface area contributed by atoms with Crippen LogP contribution in [0.25, 0.3) is 22.5 Å². The van der Waals surface area contributed by atoms with E-state index in [0.29, 0.717) is 35.1 Å². The normalized spacial score (nSPS) is 17.2. The van der Waals surface area contributed by atoms with Crippen molar-refractivity contribution >= 4 is 23.2 Å². The quantitative estimate of drug-likeness (QED) is 0.387. The number of halogens is 1. The molecule has 2 saturated heterocycles. The minimum atomic E-state index is -0.458. The number of hydrogen-bond acceptors (Lipinski definition) is 7. The second kappa shape index (κ2) is 10.9. The zero-order chi connectivity index (χ0) is 26.1. The van der Waals surface area contributed by atoms with Crippen LogP contribution < -0.4 is 15.4 Å². The Labute approximate surface area is 227 Å². The first-order chi connectivity index (χ1) is 18.6. The van der Waals surface area contributed by atoms with Gasteiger partial charge in [-0.15, -0.1) is 0 Å². The third-order valence-electron chi connectivity index (χ3n) is 7.47. The molecule has 2 fully saturated rings. The summed E-state index contributed by atoms with van der Waals surface area (Å²) in [4.78, 5) is 22.1. The Hall–Kier alpha value is -3.17. The number of carbonyl (C=O) groups is 1. The van der Waals surface area contributed by atoms with Crippen molar-refractivity contribution in [3.63, 3.8) is 0 Å². The second-order valence-electron chi connectivity index (χ2n) is 9.81. The predicted molar refractivity (Wildman–Crippen MR) is 147 cm³/mol. The molecule has 1 amide bonds. The maximum absolute atomic E-state index is 12.5.